The molecule has 1 amide bonds. The van der Waals surface area contributed by atoms with Gasteiger partial charge in [-0.3, -0.25) is 4.79 Å². The van der Waals surface area contributed by atoms with Crippen molar-refractivity contribution in [3.05, 3.63) is 35.9 Å². The van der Waals surface area contributed by atoms with Crippen molar-refractivity contribution < 1.29 is 13.9 Å². The van der Waals surface area contributed by atoms with E-state index >= 15 is 0 Å². The van der Waals surface area contributed by atoms with E-state index in [4.69, 9.17) is 4.74 Å². The molecule has 0 aromatic heterocycles. The van der Waals surface area contributed by atoms with Crippen LogP contribution in [0.2, 0.25) is 0 Å². The predicted octanol–water partition coefficient (Wildman–Crippen LogP) is 3.99. The Morgan fingerprint density at radius 2 is 2.10 bits per heavy atom. The van der Waals surface area contributed by atoms with Crippen LogP contribution in [0.5, 0.6) is 0 Å². The fourth-order valence-corrected chi connectivity index (χ4v) is 7.79. The fraction of sp³-hybridized carbons (Fsp3) is 0.731. The van der Waals surface area contributed by atoms with Gasteiger partial charge in [0.15, 0.2) is 0 Å². The predicted molar refractivity (Wildman–Crippen MR) is 120 cm³/mol. The number of ether oxygens (including phenoxy) is 1. The van der Waals surface area contributed by atoms with Crippen molar-refractivity contribution >= 4 is 5.91 Å². The molecule has 1 heterocycles. The first kappa shape index (κ1) is 21.4. The molecular formula is C26H37FN2O2. The third-order valence-corrected chi connectivity index (χ3v) is 8.91. The molecule has 1 aliphatic heterocycles. The van der Waals surface area contributed by atoms with Crippen LogP contribution in [0.15, 0.2) is 30.3 Å². The number of halogens is 1. The highest BCUT2D eigenvalue weighted by atomic mass is 19.1. The third-order valence-electron chi connectivity index (χ3n) is 8.91. The topological polar surface area (TPSA) is 50.4 Å². The molecule has 4 aliphatic rings. The number of carbonyl (C=O) groups is 1. The largest absolute Gasteiger partial charge is 0.381 e. The summed E-state index contributed by atoms with van der Waals surface area (Å²) < 4.78 is 20.5. The minimum Gasteiger partial charge on any atom is -0.381 e. The van der Waals surface area contributed by atoms with Crippen molar-refractivity contribution in [2.45, 2.75) is 69.5 Å². The van der Waals surface area contributed by atoms with E-state index in [2.05, 4.69) is 47.9 Å². The first-order valence-corrected chi connectivity index (χ1v) is 12.3. The molecule has 5 rings (SSSR count). The average Bonchev–Trinajstić information content (AvgIpc) is 2.78. The summed E-state index contributed by atoms with van der Waals surface area (Å²) in [6, 6.07) is 10.7. The Kier molecular flexibility index (Phi) is 5.85. The van der Waals surface area contributed by atoms with E-state index in [-0.39, 0.29) is 28.7 Å². The van der Waals surface area contributed by atoms with Crippen LogP contribution < -0.4 is 10.6 Å². The standard InChI is InChI=1S/C26H37FN2O2/c1-2-31-17-26-14-18-12-20(24(30)29-23-9-11-28-15-22(23)27)21(26)8-10-25(13-18,16-26)19-6-4-3-5-7-19/h3-7,18,20-23,28H,2,8-17H2,1H3,(H,29,30)/t18?,20?,21?,22-,23-,25-,26-/m1/s1. The minimum atomic E-state index is -0.990. The Labute approximate surface area is 185 Å². The second kappa shape index (κ2) is 8.47. The summed E-state index contributed by atoms with van der Waals surface area (Å²) in [6.07, 6.45) is 6.31. The molecule has 4 fully saturated rings. The smallest absolute Gasteiger partial charge is 0.223 e. The van der Waals surface area contributed by atoms with Gasteiger partial charge < -0.3 is 15.4 Å². The molecule has 3 unspecified atom stereocenters. The molecular weight excluding hydrogens is 391 g/mol. The Hall–Kier alpha value is -1.46. The molecule has 170 valence electrons. The second-order valence-corrected chi connectivity index (χ2v) is 10.7. The lowest BCUT2D eigenvalue weighted by Gasteiger charge is -2.63. The monoisotopic (exact) mass is 428 g/mol. The lowest BCUT2D eigenvalue weighted by molar-refractivity contribution is -0.158. The molecule has 0 spiro atoms. The van der Waals surface area contributed by atoms with Gasteiger partial charge in [-0.25, -0.2) is 4.39 Å². The van der Waals surface area contributed by atoms with Gasteiger partial charge in [-0.15, -0.1) is 0 Å². The number of hydrogen-bond acceptors (Lipinski definition) is 3. The van der Waals surface area contributed by atoms with E-state index in [1.165, 1.54) is 18.4 Å². The van der Waals surface area contributed by atoms with Gasteiger partial charge in [0.1, 0.15) is 6.17 Å². The highest BCUT2D eigenvalue weighted by Crippen LogP contribution is 2.66. The van der Waals surface area contributed by atoms with Crippen molar-refractivity contribution in [3.63, 3.8) is 0 Å². The Morgan fingerprint density at radius 1 is 1.26 bits per heavy atom. The zero-order valence-corrected chi connectivity index (χ0v) is 18.7. The average molecular weight is 429 g/mol. The van der Waals surface area contributed by atoms with Gasteiger partial charge in [0.25, 0.3) is 0 Å². The number of amides is 1. The van der Waals surface area contributed by atoms with Gasteiger partial charge in [-0.05, 0) is 86.6 Å². The first-order valence-electron chi connectivity index (χ1n) is 12.3. The third kappa shape index (κ3) is 3.82. The summed E-state index contributed by atoms with van der Waals surface area (Å²) >= 11 is 0. The minimum absolute atomic E-state index is 0.00429. The second-order valence-electron chi connectivity index (χ2n) is 10.7. The van der Waals surface area contributed by atoms with E-state index in [1.807, 2.05) is 0 Å². The van der Waals surface area contributed by atoms with Crippen molar-refractivity contribution in [1.82, 2.24) is 10.6 Å². The molecule has 5 heteroatoms. The van der Waals surface area contributed by atoms with Crippen molar-refractivity contribution in [3.8, 4) is 0 Å². The Bertz CT molecular complexity index is 789. The number of benzene rings is 1. The van der Waals surface area contributed by atoms with Crippen molar-refractivity contribution in [2.75, 3.05) is 26.3 Å². The van der Waals surface area contributed by atoms with E-state index < -0.39 is 6.17 Å². The summed E-state index contributed by atoms with van der Waals surface area (Å²) in [4.78, 5) is 13.5. The van der Waals surface area contributed by atoms with Gasteiger partial charge in [-0.1, -0.05) is 30.3 Å². The fourth-order valence-electron chi connectivity index (χ4n) is 7.79. The summed E-state index contributed by atoms with van der Waals surface area (Å²) in [5.74, 6) is 0.970. The molecule has 1 saturated heterocycles. The molecule has 2 N–H and O–H groups in total. The van der Waals surface area contributed by atoms with E-state index in [1.54, 1.807) is 0 Å². The molecule has 1 aromatic rings. The summed E-state index contributed by atoms with van der Waals surface area (Å²) in [5.41, 5.74) is 1.76. The van der Waals surface area contributed by atoms with Gasteiger partial charge in [-0.2, -0.15) is 0 Å². The molecule has 0 radical (unpaired) electrons. The quantitative estimate of drug-likeness (QED) is 0.720. The number of carbonyl (C=O) groups excluding carboxylic acids is 1. The Balaban J connectivity index is 1.41. The van der Waals surface area contributed by atoms with Crippen molar-refractivity contribution in [1.29, 1.82) is 0 Å². The van der Waals surface area contributed by atoms with Crippen LogP contribution in [0.4, 0.5) is 4.39 Å². The summed E-state index contributed by atoms with van der Waals surface area (Å²) in [6.45, 7) is 4.65. The summed E-state index contributed by atoms with van der Waals surface area (Å²) in [7, 11) is 0. The zero-order valence-electron chi connectivity index (χ0n) is 18.7. The van der Waals surface area contributed by atoms with Crippen LogP contribution in [0.1, 0.15) is 57.4 Å². The Morgan fingerprint density at radius 3 is 2.87 bits per heavy atom. The maximum atomic E-state index is 14.4. The molecule has 4 nitrogen and oxygen atoms in total. The normalized spacial score (nSPS) is 41.7. The van der Waals surface area contributed by atoms with E-state index in [0.29, 0.717) is 31.4 Å². The van der Waals surface area contributed by atoms with Gasteiger partial charge in [0, 0.05) is 19.1 Å². The number of alkyl halides is 1. The van der Waals surface area contributed by atoms with E-state index in [9.17, 15) is 9.18 Å². The maximum absolute atomic E-state index is 14.4. The molecule has 1 aromatic carbocycles. The molecule has 3 bridgehead atoms. The molecule has 3 aliphatic carbocycles. The number of rotatable bonds is 6. The lowest BCUT2D eigenvalue weighted by atomic mass is 9.41. The highest BCUT2D eigenvalue weighted by molar-refractivity contribution is 5.79. The maximum Gasteiger partial charge on any atom is 0.223 e. The van der Waals surface area contributed by atoms with Crippen molar-refractivity contribution in [2.24, 2.45) is 23.2 Å². The lowest BCUT2D eigenvalue weighted by Crippen LogP contribution is -2.61. The number of nitrogens with one attached hydrogen (secondary N) is 2. The van der Waals surface area contributed by atoms with Crippen LogP contribution >= 0.6 is 0 Å². The van der Waals surface area contributed by atoms with Crippen LogP contribution in [0.3, 0.4) is 0 Å². The summed E-state index contributed by atoms with van der Waals surface area (Å²) in [5, 5.41) is 6.21. The zero-order chi connectivity index (χ0) is 21.5. The first-order chi connectivity index (χ1) is 15.1. The van der Waals surface area contributed by atoms with Crippen LogP contribution in [0.25, 0.3) is 0 Å². The number of piperidine rings is 1. The number of hydrogen-bond donors (Lipinski definition) is 2. The van der Waals surface area contributed by atoms with Crippen LogP contribution in [0, 0.1) is 23.2 Å². The van der Waals surface area contributed by atoms with Crippen LogP contribution in [-0.4, -0.2) is 44.4 Å². The SMILES string of the molecule is CCOC[C@]12CC3CC(C(=O)N[C@@H]4CCNC[C@H]4F)C1CC[C@@](c1ccccc1)(C3)C2. The van der Waals surface area contributed by atoms with Gasteiger partial charge >= 0.3 is 0 Å². The number of fused-ring (bicyclic) bond motifs is 2. The molecule has 31 heavy (non-hydrogen) atoms. The highest BCUT2D eigenvalue weighted by Gasteiger charge is 2.61. The molecule has 3 saturated carbocycles. The molecule has 7 atom stereocenters. The van der Waals surface area contributed by atoms with Gasteiger partial charge in [0.05, 0.1) is 12.6 Å². The van der Waals surface area contributed by atoms with Crippen LogP contribution in [-0.2, 0) is 14.9 Å². The van der Waals surface area contributed by atoms with E-state index in [0.717, 1.165) is 38.8 Å². The van der Waals surface area contributed by atoms with Gasteiger partial charge in [0.2, 0.25) is 5.91 Å².